The molecule has 0 saturated carbocycles. The second kappa shape index (κ2) is 28.0. The predicted molar refractivity (Wildman–Crippen MR) is 296 cm³/mol. The minimum absolute atomic E-state index is 0.0796. The Labute approximate surface area is 473 Å². The van der Waals surface area contributed by atoms with E-state index in [0.29, 0.717) is 52.1 Å². The van der Waals surface area contributed by atoms with E-state index in [1.54, 1.807) is 65.5 Å². The first-order valence-corrected chi connectivity index (χ1v) is 28.7. The van der Waals surface area contributed by atoms with Crippen molar-refractivity contribution in [3.8, 4) is 0 Å². The van der Waals surface area contributed by atoms with Crippen LogP contribution in [0.5, 0.6) is 0 Å². The van der Waals surface area contributed by atoms with E-state index in [9.17, 15) is 40.2 Å². The zero-order valence-corrected chi connectivity index (χ0v) is 49.9. The fraction of sp³-hybridized carbons (Fsp3) is 0.825. The number of piperazine rings is 1. The Balaban J connectivity index is 1.21. The number of nitrogens with zero attached hydrogens (tertiary/aromatic N) is 5. The first-order chi connectivity index (χ1) is 37.6. The number of halogens is 1. The van der Waals surface area contributed by atoms with Crippen LogP contribution in [0.15, 0.2) is 36.2 Å². The van der Waals surface area contributed by atoms with Gasteiger partial charge >= 0.3 is 5.97 Å². The van der Waals surface area contributed by atoms with Gasteiger partial charge in [0.1, 0.15) is 55.4 Å². The number of carbonyl (C=O) groups is 2. The Morgan fingerprint density at radius 2 is 1.61 bits per heavy atom. The van der Waals surface area contributed by atoms with Crippen LogP contribution in [0.25, 0.3) is 0 Å². The normalized spacial score (nSPS) is 39.2. The molecule has 0 radical (unpaired) electrons. The minimum atomic E-state index is -1.86. The maximum atomic E-state index is 15.1. The van der Waals surface area contributed by atoms with Gasteiger partial charge in [0.15, 0.2) is 12.6 Å². The second-order valence-corrected chi connectivity index (χ2v) is 24.2. The molecule has 8 N–H and O–H groups in total. The average molecular weight is 1140 g/mol. The molecule has 0 bridgehead atoms. The fourth-order valence-corrected chi connectivity index (χ4v) is 12.8. The summed E-state index contributed by atoms with van der Waals surface area (Å²) in [5.41, 5.74) is 4.19. The molecule has 1 aromatic rings. The number of benzene rings is 1. The van der Waals surface area contributed by atoms with Crippen molar-refractivity contribution in [1.29, 1.82) is 0 Å². The van der Waals surface area contributed by atoms with Crippen LogP contribution in [-0.4, -0.2) is 239 Å². The number of nitrogens with one attached hydrogen (secondary N) is 2. The summed E-state index contributed by atoms with van der Waals surface area (Å²) < 4.78 is 59.4. The number of hydrazine groups is 2. The summed E-state index contributed by atoms with van der Waals surface area (Å²) >= 11 is 0. The molecule has 5 aliphatic heterocycles. The van der Waals surface area contributed by atoms with Crippen molar-refractivity contribution < 1.29 is 77.8 Å². The van der Waals surface area contributed by atoms with Crippen LogP contribution in [-0.2, 0) is 42.7 Å². The van der Waals surface area contributed by atoms with Crippen molar-refractivity contribution in [1.82, 2.24) is 30.7 Å². The Morgan fingerprint density at radius 1 is 0.950 bits per heavy atom. The van der Waals surface area contributed by atoms with E-state index in [-0.39, 0.29) is 31.1 Å². The lowest BCUT2D eigenvalue weighted by atomic mass is 9.77. The summed E-state index contributed by atoms with van der Waals surface area (Å²) in [7, 11) is 6.77. The molecule has 1 amide bonds. The van der Waals surface area contributed by atoms with E-state index in [0.717, 1.165) is 16.9 Å². The number of hydrogen-bond donors (Lipinski definition) is 8. The summed E-state index contributed by atoms with van der Waals surface area (Å²) in [6, 6.07) is 5.95. The number of carbonyl (C=O) groups excluding carboxylic acids is 2. The number of anilines is 1. The second-order valence-electron chi connectivity index (χ2n) is 24.2. The third-order valence-corrected chi connectivity index (χ3v) is 18.0. The smallest absolute Gasteiger partial charge is 0.311 e. The van der Waals surface area contributed by atoms with Gasteiger partial charge in [-0.15, -0.1) is 5.53 Å². The number of amides is 1. The summed E-state index contributed by atoms with van der Waals surface area (Å²) in [5.74, 6) is -3.18. The minimum Gasteiger partial charge on any atom is -0.459 e. The highest BCUT2D eigenvalue weighted by atomic mass is 19.1. The van der Waals surface area contributed by atoms with Crippen LogP contribution in [0, 0.1) is 17.8 Å². The fourth-order valence-electron chi connectivity index (χ4n) is 12.8. The van der Waals surface area contributed by atoms with Gasteiger partial charge in [0, 0.05) is 102 Å². The number of esters is 1. The Hall–Kier alpha value is -3.37. The number of aliphatic hydroxyl groups excluding tert-OH is 4. The molecule has 0 unspecified atom stereocenters. The molecular formula is C57H98FN7O15. The molecule has 6 rings (SSSR count). The molecule has 1 aromatic carbocycles. The van der Waals surface area contributed by atoms with E-state index in [4.69, 9.17) is 33.2 Å². The van der Waals surface area contributed by atoms with Gasteiger partial charge in [-0.3, -0.25) is 14.6 Å². The monoisotopic (exact) mass is 1140 g/mol. The standard InChI is InChI=1S/C57H98FN7O15/c1-15-44-57(10,73)50(69)37(6)62(12)30-33(2)27-55(8,72)52(35(4)48(36(5)53(71)78-44)79-46-28-56(9,75-14)51(70)38(7)77-46)80-54-47(68)42(26-34(3)76-54)61(11)21-20-40-31-65(60-59-40)43(29-58)49(74-13)39-16-18-41(19-17-39)63-22-24-64(25-23-63)45(67)32-66/h16-19,31,33-38,42-44,46-52,54,59-60,66,68-70,72-73H,15,20-30,32H2,1-14H3/t33-,34-,35+,36-,37-,38+,42+,43-,44-,46+,47-,48+,49-,50-,51+,52-,54+,55-,56-,57-/m1/s1. The van der Waals surface area contributed by atoms with Gasteiger partial charge in [0.25, 0.3) is 0 Å². The van der Waals surface area contributed by atoms with Gasteiger partial charge in [0.05, 0.1) is 41.5 Å². The van der Waals surface area contributed by atoms with E-state index >= 15 is 4.39 Å². The third kappa shape index (κ3) is 15.1. The zero-order valence-electron chi connectivity index (χ0n) is 49.9. The molecule has 458 valence electrons. The number of ether oxygens (including phenoxy) is 7. The molecule has 4 saturated heterocycles. The van der Waals surface area contributed by atoms with Crippen molar-refractivity contribution in [2.24, 2.45) is 17.8 Å². The van der Waals surface area contributed by atoms with Crippen molar-refractivity contribution in [3.63, 3.8) is 0 Å². The molecule has 4 fully saturated rings. The third-order valence-electron chi connectivity index (χ3n) is 18.0. The molecule has 23 heteroatoms. The highest BCUT2D eigenvalue weighted by Crippen LogP contribution is 2.41. The number of methoxy groups -OCH3 is 2. The van der Waals surface area contributed by atoms with E-state index in [1.165, 1.54) is 14.0 Å². The van der Waals surface area contributed by atoms with Gasteiger partial charge in [-0.2, -0.15) is 0 Å². The zero-order chi connectivity index (χ0) is 59.2. The topological polar surface area (TPSA) is 260 Å². The van der Waals surface area contributed by atoms with Crippen LogP contribution in [0.1, 0.15) is 113 Å². The largest absolute Gasteiger partial charge is 0.459 e. The number of alkyl halides is 1. The van der Waals surface area contributed by atoms with E-state index in [1.807, 2.05) is 68.2 Å². The van der Waals surface area contributed by atoms with Gasteiger partial charge in [-0.05, 0) is 105 Å². The summed E-state index contributed by atoms with van der Waals surface area (Å²) in [6.45, 7) is 19.3. The van der Waals surface area contributed by atoms with E-state index < -0.39 is 134 Å². The van der Waals surface area contributed by atoms with Gasteiger partial charge in [0.2, 0.25) is 5.91 Å². The van der Waals surface area contributed by atoms with Crippen LogP contribution in [0.4, 0.5) is 10.1 Å². The molecule has 20 atom stereocenters. The first-order valence-electron chi connectivity index (χ1n) is 28.7. The van der Waals surface area contributed by atoms with Crippen molar-refractivity contribution in [2.45, 2.75) is 204 Å². The van der Waals surface area contributed by atoms with Crippen molar-refractivity contribution >= 4 is 17.6 Å². The predicted octanol–water partition coefficient (Wildman–Crippen LogP) is 2.19. The molecule has 5 heterocycles. The van der Waals surface area contributed by atoms with Crippen LogP contribution in [0.2, 0.25) is 0 Å². The van der Waals surface area contributed by atoms with E-state index in [2.05, 4.69) is 15.9 Å². The lowest BCUT2D eigenvalue weighted by Gasteiger charge is -2.49. The van der Waals surface area contributed by atoms with Gasteiger partial charge < -0.3 is 88.8 Å². The van der Waals surface area contributed by atoms with Crippen molar-refractivity contribution in [2.75, 3.05) is 85.8 Å². The summed E-state index contributed by atoms with van der Waals surface area (Å²) in [4.78, 5) is 34.3. The molecule has 80 heavy (non-hydrogen) atoms. The van der Waals surface area contributed by atoms with Crippen molar-refractivity contribution in [3.05, 3.63) is 41.7 Å². The Kier molecular flexibility index (Phi) is 23.0. The summed E-state index contributed by atoms with van der Waals surface area (Å²) in [6.07, 6.45) is -7.86. The lowest BCUT2D eigenvalue weighted by molar-refractivity contribution is -0.318. The Bertz CT molecular complexity index is 2160. The van der Waals surface area contributed by atoms with Gasteiger partial charge in [-0.25, -0.2) is 4.39 Å². The highest BCUT2D eigenvalue weighted by molar-refractivity contribution is 5.77. The first kappa shape index (κ1) is 65.8. The molecule has 5 aliphatic rings. The molecular weight excluding hydrogens is 1040 g/mol. The highest BCUT2D eigenvalue weighted by Gasteiger charge is 2.53. The lowest BCUT2D eigenvalue weighted by Crippen LogP contribution is -2.61. The Morgan fingerprint density at radius 3 is 2.21 bits per heavy atom. The molecule has 0 aromatic heterocycles. The number of rotatable bonds is 17. The maximum Gasteiger partial charge on any atom is 0.311 e. The van der Waals surface area contributed by atoms with Crippen LogP contribution >= 0.6 is 0 Å². The molecule has 0 aliphatic carbocycles. The molecule has 0 spiro atoms. The average Bonchev–Trinajstić information content (AvgIpc) is 3.94. The maximum absolute atomic E-state index is 15.1. The summed E-state index contributed by atoms with van der Waals surface area (Å²) in [5, 5.41) is 70.9. The number of hydrogen-bond acceptors (Lipinski definition) is 21. The number of cyclic esters (lactones) is 1. The number of aliphatic hydroxyl groups is 6. The SMILES string of the molecule is CC[C@H]1OC(=O)[C@H](C)[C@@H](O[C@H]2C[C@@](C)(OC)[C@@H](O)[C@H](C)O2)[C@H](C)[C@@H](O[C@@H]2O[C@H](C)C[C@H](N(C)CCC3=CN([C@H](CF)[C@H](OC)c4ccc(N5CCN(C(=O)CO)CC5)cc4)NN3)[C@H]2O)[C@](C)(O)C[C@@H](C)CN(C)[C@H](C)[C@@H](O)[C@]1(C)O. The van der Waals surface area contributed by atoms with Gasteiger partial charge in [-0.1, -0.05) is 32.9 Å². The molecule has 22 nitrogen and oxygen atoms in total. The quantitative estimate of drug-likeness (QED) is 0.104. The van der Waals surface area contributed by atoms with Crippen LogP contribution in [0.3, 0.4) is 0 Å². The van der Waals surface area contributed by atoms with Crippen LogP contribution < -0.4 is 15.9 Å². The number of likely N-dealkylation sites (N-methyl/N-ethyl adjacent to an activating group) is 2.